The fourth-order valence-corrected chi connectivity index (χ4v) is 8.83. The Morgan fingerprint density at radius 2 is 1.63 bits per heavy atom. The van der Waals surface area contributed by atoms with Gasteiger partial charge in [0.15, 0.2) is 0 Å². The van der Waals surface area contributed by atoms with E-state index in [0.29, 0.717) is 24.2 Å². The molecule has 2 N–H and O–H groups in total. The summed E-state index contributed by atoms with van der Waals surface area (Å²) in [4.78, 5) is 0. The topological polar surface area (TPSA) is 83.8 Å². The normalized spacial score (nSPS) is 51.1. The molecule has 0 heterocycles. The first-order chi connectivity index (χ1) is 12.5. The summed E-state index contributed by atoms with van der Waals surface area (Å²) in [5.41, 5.74) is 0.538. The Morgan fingerprint density at radius 1 is 0.963 bits per heavy atom. The van der Waals surface area contributed by atoms with Gasteiger partial charge in [-0.15, -0.1) is 0 Å². The van der Waals surface area contributed by atoms with Crippen molar-refractivity contribution in [3.05, 3.63) is 0 Å². The van der Waals surface area contributed by atoms with E-state index < -0.39 is 10.4 Å². The molecule has 4 fully saturated rings. The molecule has 0 bridgehead atoms. The number of aliphatic hydroxyl groups is 1. The third-order valence-corrected chi connectivity index (χ3v) is 10.0. The third-order valence-electron chi connectivity index (χ3n) is 9.53. The van der Waals surface area contributed by atoms with Crippen LogP contribution in [0.5, 0.6) is 0 Å². The van der Waals surface area contributed by atoms with Gasteiger partial charge < -0.3 is 5.11 Å². The van der Waals surface area contributed by atoms with E-state index in [-0.39, 0.29) is 23.0 Å². The van der Waals surface area contributed by atoms with Crippen molar-refractivity contribution in [2.24, 2.45) is 40.4 Å². The molecule has 0 aromatic heterocycles. The molecule has 5 nitrogen and oxygen atoms in total. The van der Waals surface area contributed by atoms with Gasteiger partial charge in [0.25, 0.3) is 0 Å². The lowest BCUT2D eigenvalue weighted by Crippen LogP contribution is -2.54. The van der Waals surface area contributed by atoms with Crippen LogP contribution < -0.4 is 0 Å². The van der Waals surface area contributed by atoms with Gasteiger partial charge in [0.1, 0.15) is 0 Å². The van der Waals surface area contributed by atoms with E-state index in [1.807, 2.05) is 6.92 Å². The second-order valence-corrected chi connectivity index (χ2v) is 11.6. The van der Waals surface area contributed by atoms with Crippen LogP contribution in [0, 0.1) is 40.4 Å². The summed E-state index contributed by atoms with van der Waals surface area (Å²) in [5.74, 6) is 3.09. The van der Waals surface area contributed by atoms with Gasteiger partial charge in [0, 0.05) is 0 Å². The molecule has 4 rings (SSSR count). The van der Waals surface area contributed by atoms with Crippen molar-refractivity contribution in [2.45, 2.75) is 90.8 Å². The Morgan fingerprint density at radius 3 is 2.30 bits per heavy atom. The van der Waals surface area contributed by atoms with E-state index in [1.165, 1.54) is 25.7 Å². The van der Waals surface area contributed by atoms with Crippen molar-refractivity contribution in [3.63, 3.8) is 0 Å². The second kappa shape index (κ2) is 6.68. The molecule has 0 aromatic carbocycles. The van der Waals surface area contributed by atoms with E-state index >= 15 is 0 Å². The SMILES string of the molecule is C[C@H](O)[C@H]1CC[C@H]2[C@@H]3CC[C@H]4C[C@H](OS(=O)(=O)O)CC[C@]4(C)[C@H]3CC[C@]12C. The summed E-state index contributed by atoms with van der Waals surface area (Å²) in [7, 11) is -4.36. The van der Waals surface area contributed by atoms with Crippen molar-refractivity contribution >= 4 is 10.4 Å². The maximum absolute atomic E-state index is 11.1. The average Bonchev–Trinajstić information content (AvgIpc) is 2.91. The van der Waals surface area contributed by atoms with Gasteiger partial charge in [0.05, 0.1) is 12.2 Å². The van der Waals surface area contributed by atoms with Crippen molar-refractivity contribution in [1.82, 2.24) is 0 Å². The molecule has 4 aliphatic carbocycles. The molecule has 156 valence electrons. The Hall–Kier alpha value is -0.170. The molecule has 0 radical (unpaired) electrons. The van der Waals surface area contributed by atoms with Crippen molar-refractivity contribution in [1.29, 1.82) is 0 Å². The van der Waals surface area contributed by atoms with Crippen LogP contribution in [-0.2, 0) is 14.6 Å². The monoisotopic (exact) mass is 400 g/mol. The second-order valence-electron chi connectivity index (χ2n) is 10.5. The van der Waals surface area contributed by atoms with Crippen molar-refractivity contribution in [2.75, 3.05) is 0 Å². The minimum Gasteiger partial charge on any atom is -0.393 e. The molecule has 4 aliphatic rings. The van der Waals surface area contributed by atoms with Crippen LogP contribution in [0.25, 0.3) is 0 Å². The van der Waals surface area contributed by atoms with Crippen LogP contribution >= 0.6 is 0 Å². The van der Waals surface area contributed by atoms with Gasteiger partial charge in [-0.25, -0.2) is 4.18 Å². The molecular weight excluding hydrogens is 364 g/mol. The van der Waals surface area contributed by atoms with Gasteiger partial charge in [-0.05, 0) is 105 Å². The lowest BCUT2D eigenvalue weighted by molar-refractivity contribution is -0.130. The predicted octanol–water partition coefficient (Wildman–Crippen LogP) is 4.21. The summed E-state index contributed by atoms with van der Waals surface area (Å²) in [6.45, 7) is 6.84. The van der Waals surface area contributed by atoms with Crippen LogP contribution in [0.15, 0.2) is 0 Å². The Kier molecular flexibility index (Phi) is 4.98. The summed E-state index contributed by atoms with van der Waals surface area (Å²) in [6, 6.07) is 0. The lowest BCUT2D eigenvalue weighted by Gasteiger charge is -2.61. The van der Waals surface area contributed by atoms with E-state index in [4.69, 9.17) is 8.74 Å². The minimum atomic E-state index is -4.36. The maximum Gasteiger partial charge on any atom is 0.397 e. The van der Waals surface area contributed by atoms with Crippen molar-refractivity contribution in [3.8, 4) is 0 Å². The van der Waals surface area contributed by atoms with E-state index in [9.17, 15) is 13.5 Å². The molecule has 6 heteroatoms. The summed E-state index contributed by atoms with van der Waals surface area (Å²) < 4.78 is 36.2. The number of hydrogen-bond acceptors (Lipinski definition) is 4. The zero-order valence-electron chi connectivity index (χ0n) is 16.9. The fraction of sp³-hybridized carbons (Fsp3) is 1.00. The molecule has 9 atom stereocenters. The highest BCUT2D eigenvalue weighted by atomic mass is 32.3. The van der Waals surface area contributed by atoms with Crippen LogP contribution in [0.1, 0.15) is 78.6 Å². The van der Waals surface area contributed by atoms with Crippen LogP contribution in [0.3, 0.4) is 0 Å². The highest BCUT2D eigenvalue weighted by Crippen LogP contribution is 2.67. The minimum absolute atomic E-state index is 0.212. The summed E-state index contributed by atoms with van der Waals surface area (Å²) in [6.07, 6.45) is 9.08. The zero-order valence-corrected chi connectivity index (χ0v) is 17.7. The quantitative estimate of drug-likeness (QED) is 0.693. The number of aliphatic hydroxyl groups excluding tert-OH is 1. The number of hydrogen-bond donors (Lipinski definition) is 2. The smallest absolute Gasteiger partial charge is 0.393 e. The summed E-state index contributed by atoms with van der Waals surface area (Å²) >= 11 is 0. The van der Waals surface area contributed by atoms with E-state index in [0.717, 1.165) is 37.5 Å². The zero-order chi connectivity index (χ0) is 19.6. The standard InChI is InChI=1S/C21H36O5S/c1-13(22)17-6-7-18-16-5-4-14-12-15(26-27(23,24)25)8-10-20(14,2)19(16)9-11-21(17,18)3/h13-19,22H,4-12H2,1-3H3,(H,23,24,25)/t13-,14-,15+,16-,17+,18-,19-,20-,21+/m0/s1. The third kappa shape index (κ3) is 3.28. The average molecular weight is 401 g/mol. The molecule has 0 spiro atoms. The molecule has 0 saturated heterocycles. The highest BCUT2D eigenvalue weighted by molar-refractivity contribution is 7.80. The Bertz CT molecular complexity index is 676. The van der Waals surface area contributed by atoms with Crippen LogP contribution in [0.4, 0.5) is 0 Å². The van der Waals surface area contributed by atoms with E-state index in [1.54, 1.807) is 0 Å². The highest BCUT2D eigenvalue weighted by Gasteiger charge is 2.60. The van der Waals surface area contributed by atoms with Gasteiger partial charge in [-0.2, -0.15) is 8.42 Å². The fourth-order valence-electron chi connectivity index (χ4n) is 8.31. The lowest BCUT2D eigenvalue weighted by atomic mass is 9.44. The van der Waals surface area contributed by atoms with Crippen LogP contribution in [0.2, 0.25) is 0 Å². The first-order valence-corrected chi connectivity index (χ1v) is 12.2. The van der Waals surface area contributed by atoms with Gasteiger partial charge in [-0.1, -0.05) is 13.8 Å². The molecule has 0 unspecified atom stereocenters. The predicted molar refractivity (Wildman–Crippen MR) is 103 cm³/mol. The molecule has 0 amide bonds. The maximum atomic E-state index is 11.1. The van der Waals surface area contributed by atoms with Gasteiger partial charge in [-0.3, -0.25) is 4.55 Å². The first-order valence-electron chi connectivity index (χ1n) is 10.9. The molecule has 4 saturated carbocycles. The van der Waals surface area contributed by atoms with Gasteiger partial charge >= 0.3 is 10.4 Å². The Balaban J connectivity index is 1.52. The Labute approximate surface area is 164 Å². The van der Waals surface area contributed by atoms with E-state index in [2.05, 4.69) is 13.8 Å². The van der Waals surface area contributed by atoms with Crippen LogP contribution in [-0.4, -0.2) is 30.3 Å². The molecule has 0 aliphatic heterocycles. The molecular formula is C21H36O5S. The number of rotatable bonds is 3. The van der Waals surface area contributed by atoms with Gasteiger partial charge in [0.2, 0.25) is 0 Å². The number of fused-ring (bicyclic) bond motifs is 5. The molecule has 0 aromatic rings. The first kappa shape index (κ1) is 20.1. The van der Waals surface area contributed by atoms with Crippen molar-refractivity contribution < 1.29 is 22.3 Å². The summed E-state index contributed by atoms with van der Waals surface area (Å²) in [5, 5.41) is 10.3. The molecule has 27 heavy (non-hydrogen) atoms. The largest absolute Gasteiger partial charge is 0.397 e.